The zero-order chi connectivity index (χ0) is 16.7. The molecule has 0 unspecified atom stereocenters. The number of hydrogen-bond acceptors (Lipinski definition) is 2. The SMILES string of the molecule is C[C@H]([NH2+]CC(=O)NCc1ccc(N(C)C)cc1)c1ccccc1. The zero-order valence-electron chi connectivity index (χ0n) is 14.1. The van der Waals surface area contributed by atoms with Crippen LogP contribution in [-0.2, 0) is 11.3 Å². The minimum Gasteiger partial charge on any atom is -0.378 e. The molecule has 0 aliphatic rings. The maximum absolute atomic E-state index is 12.0. The van der Waals surface area contributed by atoms with Gasteiger partial charge in [0.1, 0.15) is 6.04 Å². The van der Waals surface area contributed by atoms with Crippen molar-refractivity contribution < 1.29 is 10.1 Å². The van der Waals surface area contributed by atoms with Gasteiger partial charge in [-0.3, -0.25) is 4.79 Å². The van der Waals surface area contributed by atoms with Crippen LogP contribution in [0, 0.1) is 0 Å². The number of nitrogens with one attached hydrogen (secondary N) is 1. The van der Waals surface area contributed by atoms with Crippen LogP contribution in [0.1, 0.15) is 24.1 Å². The number of quaternary nitrogens is 1. The van der Waals surface area contributed by atoms with Gasteiger partial charge < -0.3 is 15.5 Å². The van der Waals surface area contributed by atoms with E-state index in [1.165, 1.54) is 5.56 Å². The molecule has 0 bridgehead atoms. The average molecular weight is 312 g/mol. The van der Waals surface area contributed by atoms with Gasteiger partial charge in [0, 0.05) is 31.9 Å². The molecule has 1 atom stereocenters. The van der Waals surface area contributed by atoms with Gasteiger partial charge in [-0.15, -0.1) is 0 Å². The fraction of sp³-hybridized carbons (Fsp3) is 0.316. The lowest BCUT2D eigenvalue weighted by molar-refractivity contribution is -0.682. The van der Waals surface area contributed by atoms with Gasteiger partial charge in [0.2, 0.25) is 0 Å². The van der Waals surface area contributed by atoms with Gasteiger partial charge in [-0.1, -0.05) is 42.5 Å². The monoisotopic (exact) mass is 312 g/mol. The molecule has 0 heterocycles. The van der Waals surface area contributed by atoms with Gasteiger partial charge in [0.05, 0.1) is 0 Å². The molecule has 2 aromatic carbocycles. The predicted molar refractivity (Wildman–Crippen MR) is 94.3 cm³/mol. The maximum atomic E-state index is 12.0. The molecule has 3 N–H and O–H groups in total. The number of nitrogens with zero attached hydrogens (tertiary/aromatic N) is 1. The van der Waals surface area contributed by atoms with Crippen molar-refractivity contribution in [2.24, 2.45) is 0 Å². The summed E-state index contributed by atoms with van der Waals surface area (Å²) in [6.45, 7) is 3.12. The van der Waals surface area contributed by atoms with Crippen LogP contribution in [0.2, 0.25) is 0 Å². The van der Waals surface area contributed by atoms with E-state index in [1.807, 2.05) is 44.4 Å². The lowest BCUT2D eigenvalue weighted by Crippen LogP contribution is -2.87. The van der Waals surface area contributed by atoms with Crippen LogP contribution in [0.25, 0.3) is 0 Å². The van der Waals surface area contributed by atoms with Crippen molar-refractivity contribution in [3.63, 3.8) is 0 Å². The Labute approximate surface area is 138 Å². The topological polar surface area (TPSA) is 49.0 Å². The largest absolute Gasteiger partial charge is 0.378 e. The highest BCUT2D eigenvalue weighted by molar-refractivity contribution is 5.76. The number of anilines is 1. The highest BCUT2D eigenvalue weighted by Gasteiger charge is 2.10. The lowest BCUT2D eigenvalue weighted by atomic mass is 10.1. The van der Waals surface area contributed by atoms with Crippen LogP contribution in [-0.4, -0.2) is 26.5 Å². The normalized spacial score (nSPS) is 11.8. The van der Waals surface area contributed by atoms with Gasteiger partial charge in [0.15, 0.2) is 6.54 Å². The minimum absolute atomic E-state index is 0.0597. The molecule has 0 aliphatic heterocycles. The first-order chi connectivity index (χ1) is 11.1. The third-order valence-electron chi connectivity index (χ3n) is 3.92. The smallest absolute Gasteiger partial charge is 0.275 e. The Balaban J connectivity index is 1.74. The molecule has 2 aromatic rings. The number of benzene rings is 2. The Bertz CT molecular complexity index is 608. The van der Waals surface area contributed by atoms with Gasteiger partial charge in [-0.2, -0.15) is 0 Å². The Morgan fingerprint density at radius 1 is 1.09 bits per heavy atom. The van der Waals surface area contributed by atoms with Gasteiger partial charge in [-0.25, -0.2) is 0 Å². The number of nitrogens with two attached hydrogens (primary N) is 1. The summed E-state index contributed by atoms with van der Waals surface area (Å²) >= 11 is 0. The summed E-state index contributed by atoms with van der Waals surface area (Å²) in [6.07, 6.45) is 0. The standard InChI is InChI=1S/C19H25N3O/c1-15(17-7-5-4-6-8-17)20-14-19(23)21-13-16-9-11-18(12-10-16)22(2)3/h4-12,15,20H,13-14H2,1-3H3,(H,21,23)/p+1/t15-/m0/s1. The van der Waals surface area contributed by atoms with E-state index in [9.17, 15) is 4.79 Å². The molecule has 122 valence electrons. The molecule has 23 heavy (non-hydrogen) atoms. The first kappa shape index (κ1) is 17.0. The Hall–Kier alpha value is -2.33. The van der Waals surface area contributed by atoms with E-state index < -0.39 is 0 Å². The number of amides is 1. The highest BCUT2D eigenvalue weighted by atomic mass is 16.1. The van der Waals surface area contributed by atoms with Gasteiger partial charge in [-0.05, 0) is 24.6 Å². The van der Waals surface area contributed by atoms with Crippen molar-refractivity contribution in [1.29, 1.82) is 0 Å². The molecule has 0 aliphatic carbocycles. The molecule has 2 rings (SSSR count). The summed E-state index contributed by atoms with van der Waals surface area (Å²) in [5.41, 5.74) is 3.50. The first-order valence-electron chi connectivity index (χ1n) is 7.97. The van der Waals surface area contributed by atoms with Gasteiger partial charge >= 0.3 is 0 Å². The van der Waals surface area contributed by atoms with Crippen LogP contribution in [0.5, 0.6) is 0 Å². The van der Waals surface area contributed by atoms with Gasteiger partial charge in [0.25, 0.3) is 5.91 Å². The van der Waals surface area contributed by atoms with Crippen LogP contribution in [0.15, 0.2) is 54.6 Å². The van der Waals surface area contributed by atoms with E-state index in [2.05, 4.69) is 46.7 Å². The Morgan fingerprint density at radius 2 is 1.74 bits per heavy atom. The van der Waals surface area contributed by atoms with E-state index in [-0.39, 0.29) is 11.9 Å². The van der Waals surface area contributed by atoms with Crippen molar-refractivity contribution in [3.8, 4) is 0 Å². The second kappa shape index (κ2) is 8.34. The van der Waals surface area contributed by atoms with Crippen LogP contribution in [0.4, 0.5) is 5.69 Å². The second-order valence-electron chi connectivity index (χ2n) is 5.98. The van der Waals surface area contributed by atoms with Crippen molar-refractivity contribution >= 4 is 11.6 Å². The van der Waals surface area contributed by atoms with Crippen LogP contribution < -0.4 is 15.5 Å². The Kier molecular flexibility index (Phi) is 6.18. The summed E-state index contributed by atoms with van der Waals surface area (Å²) < 4.78 is 0. The van der Waals surface area contributed by atoms with Crippen molar-refractivity contribution in [1.82, 2.24) is 5.32 Å². The molecule has 1 amide bonds. The molecular formula is C19H26N3O+. The fourth-order valence-corrected chi connectivity index (χ4v) is 2.36. The number of carbonyl (C=O) groups is 1. The summed E-state index contributed by atoms with van der Waals surface area (Å²) in [5, 5.41) is 5.03. The summed E-state index contributed by atoms with van der Waals surface area (Å²) in [4.78, 5) is 14.0. The molecule has 4 heteroatoms. The highest BCUT2D eigenvalue weighted by Crippen LogP contribution is 2.11. The molecule has 0 spiro atoms. The van der Waals surface area contributed by atoms with Crippen molar-refractivity contribution in [2.75, 3.05) is 25.5 Å². The van der Waals surface area contributed by atoms with Crippen LogP contribution in [0.3, 0.4) is 0 Å². The molecule has 0 radical (unpaired) electrons. The summed E-state index contributed by atoms with van der Waals surface area (Å²) in [5.74, 6) is 0.0597. The molecular weight excluding hydrogens is 286 g/mol. The number of carbonyl (C=O) groups excluding carboxylic acids is 1. The minimum atomic E-state index is 0.0597. The van der Waals surface area contributed by atoms with E-state index in [1.54, 1.807) is 0 Å². The summed E-state index contributed by atoms with van der Waals surface area (Å²) in [6, 6.07) is 18.7. The average Bonchev–Trinajstić information content (AvgIpc) is 2.59. The van der Waals surface area contributed by atoms with Crippen molar-refractivity contribution in [2.45, 2.75) is 19.5 Å². The van der Waals surface area contributed by atoms with Crippen LogP contribution >= 0.6 is 0 Å². The second-order valence-corrected chi connectivity index (χ2v) is 5.98. The maximum Gasteiger partial charge on any atom is 0.275 e. The predicted octanol–water partition coefficient (Wildman–Crippen LogP) is 1.69. The van der Waals surface area contributed by atoms with E-state index >= 15 is 0 Å². The third kappa shape index (κ3) is 5.42. The third-order valence-corrected chi connectivity index (χ3v) is 3.92. The van der Waals surface area contributed by atoms with Crippen molar-refractivity contribution in [3.05, 3.63) is 65.7 Å². The molecule has 4 nitrogen and oxygen atoms in total. The molecule has 0 saturated carbocycles. The molecule has 0 aromatic heterocycles. The lowest BCUT2D eigenvalue weighted by Gasteiger charge is -2.13. The quantitative estimate of drug-likeness (QED) is 0.817. The summed E-state index contributed by atoms with van der Waals surface area (Å²) in [7, 11) is 4.03. The van der Waals surface area contributed by atoms with E-state index in [0.29, 0.717) is 13.1 Å². The fourth-order valence-electron chi connectivity index (χ4n) is 2.36. The molecule has 0 saturated heterocycles. The zero-order valence-corrected chi connectivity index (χ0v) is 14.1. The number of rotatable bonds is 7. The molecule has 0 fully saturated rings. The first-order valence-corrected chi connectivity index (χ1v) is 7.97. The van der Waals surface area contributed by atoms with E-state index in [0.717, 1.165) is 11.3 Å². The number of hydrogen-bond donors (Lipinski definition) is 2. The van der Waals surface area contributed by atoms with E-state index in [4.69, 9.17) is 0 Å². The Morgan fingerprint density at radius 3 is 2.35 bits per heavy atom.